The molecule has 2 aromatic heterocycles. The maximum Gasteiger partial charge on any atom is 0.266 e. The topological polar surface area (TPSA) is 98.6 Å². The van der Waals surface area contributed by atoms with Crippen molar-refractivity contribution in [1.82, 2.24) is 20.2 Å². The van der Waals surface area contributed by atoms with Crippen LogP contribution in [0.2, 0.25) is 0 Å². The van der Waals surface area contributed by atoms with E-state index in [-0.39, 0.29) is 11.9 Å². The zero-order valence-corrected chi connectivity index (χ0v) is 20.3. The lowest BCUT2D eigenvalue weighted by Gasteiger charge is -2.38. The number of benzene rings is 2. The molecule has 8 heteroatoms. The Labute approximate surface area is 208 Å². The lowest BCUT2D eigenvalue weighted by molar-refractivity contribution is 0.0273. The molecule has 3 unspecified atom stereocenters. The van der Waals surface area contributed by atoms with Gasteiger partial charge in [0.15, 0.2) is 0 Å². The number of para-hydroxylation sites is 1. The molecule has 35 heavy (non-hydrogen) atoms. The summed E-state index contributed by atoms with van der Waals surface area (Å²) in [5, 5.41) is 26.2. The van der Waals surface area contributed by atoms with Gasteiger partial charge in [0.1, 0.15) is 11.1 Å². The Kier molecular flexibility index (Phi) is 6.88. The normalized spacial score (nSPS) is 19.1. The second kappa shape index (κ2) is 10.2. The van der Waals surface area contributed by atoms with Crippen LogP contribution in [0.3, 0.4) is 0 Å². The first-order valence-corrected chi connectivity index (χ1v) is 12.6. The number of amides is 1. The van der Waals surface area contributed by atoms with Gasteiger partial charge in [-0.1, -0.05) is 54.6 Å². The summed E-state index contributed by atoms with van der Waals surface area (Å²) in [5.74, 6) is -0.0885. The van der Waals surface area contributed by atoms with Crippen LogP contribution in [-0.2, 0) is 0 Å². The van der Waals surface area contributed by atoms with Crippen LogP contribution in [0, 0.1) is 6.92 Å². The minimum absolute atomic E-state index is 0.0885. The SMILES string of the molecule is Cc1nc(-c2ccccc2)c(C(=O)N2CCC(O)CC2CNC(O)c2cccc3cccnc23)s1. The molecule has 0 aliphatic carbocycles. The van der Waals surface area contributed by atoms with Crippen molar-refractivity contribution in [2.45, 2.75) is 38.1 Å². The molecule has 5 rings (SSSR count). The minimum Gasteiger partial charge on any atom is -0.393 e. The largest absolute Gasteiger partial charge is 0.393 e. The molecule has 2 aromatic carbocycles. The highest BCUT2D eigenvalue weighted by Crippen LogP contribution is 2.31. The van der Waals surface area contributed by atoms with Gasteiger partial charge in [0.2, 0.25) is 0 Å². The average Bonchev–Trinajstić information content (AvgIpc) is 3.28. The van der Waals surface area contributed by atoms with Gasteiger partial charge in [-0.3, -0.25) is 15.1 Å². The average molecular weight is 489 g/mol. The van der Waals surface area contributed by atoms with Crippen molar-refractivity contribution in [1.29, 1.82) is 0 Å². The van der Waals surface area contributed by atoms with E-state index in [0.717, 1.165) is 21.5 Å². The Morgan fingerprint density at radius 2 is 1.97 bits per heavy atom. The molecule has 1 aliphatic rings. The first kappa shape index (κ1) is 23.6. The van der Waals surface area contributed by atoms with E-state index in [2.05, 4.69) is 15.3 Å². The number of hydrogen-bond donors (Lipinski definition) is 3. The minimum atomic E-state index is -0.949. The molecule has 3 N–H and O–H groups in total. The number of fused-ring (bicyclic) bond motifs is 1. The molecule has 1 amide bonds. The predicted octanol–water partition coefficient (Wildman–Crippen LogP) is 3.91. The molecular weight excluding hydrogens is 460 g/mol. The molecule has 3 atom stereocenters. The number of nitrogens with one attached hydrogen (secondary N) is 1. The molecule has 7 nitrogen and oxygen atoms in total. The number of pyridine rings is 1. The molecule has 1 aliphatic heterocycles. The number of piperidine rings is 1. The van der Waals surface area contributed by atoms with Crippen LogP contribution in [0.25, 0.3) is 22.2 Å². The first-order chi connectivity index (χ1) is 17.0. The lowest BCUT2D eigenvalue weighted by atomic mass is 9.98. The summed E-state index contributed by atoms with van der Waals surface area (Å²) in [4.78, 5) is 25.2. The number of carbonyl (C=O) groups is 1. The van der Waals surface area contributed by atoms with Gasteiger partial charge in [-0.05, 0) is 25.8 Å². The zero-order valence-electron chi connectivity index (χ0n) is 19.5. The Hall–Kier alpha value is -3.17. The molecule has 180 valence electrons. The number of aliphatic hydroxyl groups is 2. The van der Waals surface area contributed by atoms with Crippen LogP contribution in [0.1, 0.15) is 39.3 Å². The molecular formula is C27H28N4O3S. The summed E-state index contributed by atoms with van der Waals surface area (Å²) in [5.41, 5.74) is 3.02. The number of aliphatic hydroxyl groups excluding tert-OH is 2. The van der Waals surface area contributed by atoms with Crippen molar-refractivity contribution in [3.63, 3.8) is 0 Å². The van der Waals surface area contributed by atoms with E-state index in [1.54, 1.807) is 6.20 Å². The molecule has 4 aromatic rings. The van der Waals surface area contributed by atoms with E-state index in [9.17, 15) is 15.0 Å². The van der Waals surface area contributed by atoms with E-state index in [1.807, 2.05) is 72.5 Å². The van der Waals surface area contributed by atoms with Crippen LogP contribution in [0.4, 0.5) is 0 Å². The van der Waals surface area contributed by atoms with Crippen molar-refractivity contribution in [2.24, 2.45) is 0 Å². The number of likely N-dealkylation sites (tertiary alicyclic amines) is 1. The zero-order chi connectivity index (χ0) is 24.4. The van der Waals surface area contributed by atoms with Gasteiger partial charge in [-0.15, -0.1) is 11.3 Å². The van der Waals surface area contributed by atoms with E-state index in [1.165, 1.54) is 11.3 Å². The number of hydrogen-bond acceptors (Lipinski definition) is 7. The maximum atomic E-state index is 13.7. The number of rotatable bonds is 6. The van der Waals surface area contributed by atoms with Gasteiger partial charge in [-0.2, -0.15) is 0 Å². The second-order valence-electron chi connectivity index (χ2n) is 8.84. The smallest absolute Gasteiger partial charge is 0.266 e. The summed E-state index contributed by atoms with van der Waals surface area (Å²) in [6.07, 6.45) is 1.24. The molecule has 1 saturated heterocycles. The Bertz CT molecular complexity index is 1320. The Balaban J connectivity index is 1.37. The third-order valence-electron chi connectivity index (χ3n) is 6.43. The summed E-state index contributed by atoms with van der Waals surface area (Å²) in [6.45, 7) is 2.69. The van der Waals surface area contributed by atoms with Crippen LogP contribution < -0.4 is 5.32 Å². The standard InChI is InChI=1S/C27H28N4O3S/c1-17-30-24(19-7-3-2-4-8-19)25(35-17)27(34)31-14-12-21(32)15-20(31)16-29-26(33)22-11-5-9-18-10-6-13-28-23(18)22/h2-11,13,20-21,26,29,32-33H,12,14-16H2,1H3. The van der Waals surface area contributed by atoms with Gasteiger partial charge in [0.05, 0.1) is 22.3 Å². The van der Waals surface area contributed by atoms with Crippen molar-refractivity contribution in [3.05, 3.63) is 82.3 Å². The molecule has 0 radical (unpaired) electrons. The van der Waals surface area contributed by atoms with E-state index >= 15 is 0 Å². The summed E-state index contributed by atoms with van der Waals surface area (Å²) in [6, 6.07) is 19.0. The number of thiazole rings is 1. The van der Waals surface area contributed by atoms with E-state index < -0.39 is 12.3 Å². The number of nitrogens with zero attached hydrogens (tertiary/aromatic N) is 3. The van der Waals surface area contributed by atoms with Crippen LogP contribution in [-0.4, -0.2) is 56.2 Å². The predicted molar refractivity (Wildman–Crippen MR) is 137 cm³/mol. The molecule has 0 bridgehead atoms. The summed E-state index contributed by atoms with van der Waals surface area (Å²) >= 11 is 1.39. The van der Waals surface area contributed by atoms with Crippen LogP contribution in [0.15, 0.2) is 66.9 Å². The fourth-order valence-electron chi connectivity index (χ4n) is 4.69. The highest BCUT2D eigenvalue weighted by Gasteiger charge is 2.34. The van der Waals surface area contributed by atoms with Gasteiger partial charge in [0.25, 0.3) is 5.91 Å². The second-order valence-corrected chi connectivity index (χ2v) is 10.0. The summed E-state index contributed by atoms with van der Waals surface area (Å²) in [7, 11) is 0. The van der Waals surface area contributed by atoms with Crippen molar-refractivity contribution >= 4 is 28.1 Å². The van der Waals surface area contributed by atoms with Crippen LogP contribution >= 0.6 is 11.3 Å². The van der Waals surface area contributed by atoms with Gasteiger partial charge in [-0.25, -0.2) is 4.98 Å². The number of carbonyl (C=O) groups excluding carboxylic acids is 1. The fraction of sp³-hybridized carbons (Fsp3) is 0.296. The monoisotopic (exact) mass is 488 g/mol. The van der Waals surface area contributed by atoms with Gasteiger partial charge in [0, 0.05) is 41.8 Å². The molecule has 3 heterocycles. The Morgan fingerprint density at radius 3 is 2.80 bits per heavy atom. The fourth-order valence-corrected chi connectivity index (χ4v) is 5.59. The van der Waals surface area contributed by atoms with Crippen molar-refractivity contribution in [3.8, 4) is 11.3 Å². The highest BCUT2D eigenvalue weighted by molar-refractivity contribution is 7.14. The van der Waals surface area contributed by atoms with Gasteiger partial charge >= 0.3 is 0 Å². The number of aromatic nitrogens is 2. The first-order valence-electron chi connectivity index (χ1n) is 11.8. The third kappa shape index (κ3) is 4.97. The van der Waals surface area contributed by atoms with Crippen molar-refractivity contribution < 1.29 is 15.0 Å². The van der Waals surface area contributed by atoms with E-state index in [0.29, 0.717) is 42.1 Å². The van der Waals surface area contributed by atoms with Crippen molar-refractivity contribution in [2.75, 3.05) is 13.1 Å². The van der Waals surface area contributed by atoms with E-state index in [4.69, 9.17) is 0 Å². The van der Waals surface area contributed by atoms with Gasteiger partial charge < -0.3 is 15.1 Å². The quantitative estimate of drug-likeness (QED) is 0.356. The lowest BCUT2D eigenvalue weighted by Crippen LogP contribution is -2.52. The molecule has 0 saturated carbocycles. The molecule has 1 fully saturated rings. The Morgan fingerprint density at radius 1 is 1.17 bits per heavy atom. The molecule has 0 spiro atoms. The summed E-state index contributed by atoms with van der Waals surface area (Å²) < 4.78 is 0. The number of aryl methyl sites for hydroxylation is 1. The van der Waals surface area contributed by atoms with Crippen LogP contribution in [0.5, 0.6) is 0 Å². The third-order valence-corrected chi connectivity index (χ3v) is 7.39. The maximum absolute atomic E-state index is 13.7. The highest BCUT2D eigenvalue weighted by atomic mass is 32.1.